The molecule has 2 atom stereocenters. The van der Waals surface area contributed by atoms with Crippen LogP contribution in [0.4, 0.5) is 0 Å². The number of sulfone groups is 1. The minimum Gasteiger partial charge on any atom is -0.253 e. The molecule has 3 nitrogen and oxygen atoms in total. The van der Waals surface area contributed by atoms with Gasteiger partial charge in [0, 0.05) is 22.9 Å². The molecule has 1 aromatic carbocycles. The highest BCUT2D eigenvalue weighted by Gasteiger charge is 2.32. The van der Waals surface area contributed by atoms with Crippen molar-refractivity contribution >= 4 is 32.3 Å². The van der Waals surface area contributed by atoms with E-state index in [-0.39, 0.29) is 22.8 Å². The van der Waals surface area contributed by atoms with Crippen molar-refractivity contribution in [2.75, 3.05) is 11.5 Å². The van der Waals surface area contributed by atoms with E-state index >= 15 is 0 Å². The van der Waals surface area contributed by atoms with Crippen LogP contribution in [0.1, 0.15) is 12.1 Å². The average molecular weight is 310 g/mol. The Morgan fingerprint density at radius 2 is 2.05 bits per heavy atom. The third-order valence-corrected chi connectivity index (χ3v) is 6.14. The summed E-state index contributed by atoms with van der Waals surface area (Å²) in [5, 5.41) is 0.937. The second-order valence-corrected chi connectivity index (χ2v) is 8.17. The summed E-state index contributed by atoms with van der Waals surface area (Å²) in [6, 6.07) is 11.9. The average Bonchev–Trinajstić information content (AvgIpc) is 2.79. The van der Waals surface area contributed by atoms with Crippen LogP contribution in [-0.4, -0.2) is 30.3 Å². The molecular weight excluding hydrogens is 294 g/mol. The quantitative estimate of drug-likeness (QED) is 0.819. The molecule has 2 aromatic rings. The fraction of sp³-hybridized carbons (Fsp3) is 0.400. The molecule has 106 valence electrons. The number of rotatable bonds is 3. The van der Waals surface area contributed by atoms with E-state index < -0.39 is 9.84 Å². The van der Waals surface area contributed by atoms with Gasteiger partial charge in [0.1, 0.15) is 0 Å². The molecule has 1 saturated heterocycles. The van der Waals surface area contributed by atoms with E-state index in [9.17, 15) is 8.42 Å². The lowest BCUT2D eigenvalue weighted by Gasteiger charge is -2.15. The third kappa shape index (κ3) is 2.96. The zero-order chi connectivity index (χ0) is 14.2. The van der Waals surface area contributed by atoms with Gasteiger partial charge in [0.05, 0.1) is 17.0 Å². The van der Waals surface area contributed by atoms with Crippen LogP contribution in [-0.2, 0) is 16.3 Å². The standard InChI is InChI=1S/C15H16ClNO2S/c16-14(12-7-8-20(18,19)10-12)9-13-6-5-11-3-1-2-4-15(11)17-13/h1-6,12,14H,7-10H2. The van der Waals surface area contributed by atoms with Gasteiger partial charge in [-0.05, 0) is 24.5 Å². The molecule has 5 heteroatoms. The van der Waals surface area contributed by atoms with Gasteiger partial charge in [-0.15, -0.1) is 11.6 Å². The molecule has 0 spiro atoms. The van der Waals surface area contributed by atoms with Gasteiger partial charge in [-0.25, -0.2) is 8.42 Å². The van der Waals surface area contributed by atoms with Crippen LogP contribution >= 0.6 is 11.6 Å². The van der Waals surface area contributed by atoms with Gasteiger partial charge < -0.3 is 0 Å². The Labute approximate surface area is 123 Å². The lowest BCUT2D eigenvalue weighted by molar-refractivity contribution is 0.547. The zero-order valence-corrected chi connectivity index (χ0v) is 12.6. The fourth-order valence-electron chi connectivity index (χ4n) is 2.70. The van der Waals surface area contributed by atoms with E-state index in [0.717, 1.165) is 16.6 Å². The SMILES string of the molecule is O=S1(=O)CCC(C(Cl)Cc2ccc3ccccc3n2)C1. The number of pyridine rings is 1. The molecule has 2 heterocycles. The first-order chi connectivity index (χ1) is 9.53. The lowest BCUT2D eigenvalue weighted by atomic mass is 10.0. The van der Waals surface area contributed by atoms with E-state index in [1.807, 2.05) is 36.4 Å². The van der Waals surface area contributed by atoms with Crippen molar-refractivity contribution in [3.05, 3.63) is 42.1 Å². The smallest absolute Gasteiger partial charge is 0.150 e. The maximum atomic E-state index is 11.5. The second kappa shape index (κ2) is 5.34. The van der Waals surface area contributed by atoms with Gasteiger partial charge in [0.15, 0.2) is 9.84 Å². The molecule has 0 bridgehead atoms. The summed E-state index contributed by atoms with van der Waals surface area (Å²) < 4.78 is 23.0. The Morgan fingerprint density at radius 3 is 2.80 bits per heavy atom. The van der Waals surface area contributed by atoms with Gasteiger partial charge in [-0.1, -0.05) is 24.3 Å². The van der Waals surface area contributed by atoms with Crippen LogP contribution in [0.25, 0.3) is 10.9 Å². The third-order valence-electron chi connectivity index (χ3n) is 3.84. The molecule has 3 rings (SSSR count). The largest absolute Gasteiger partial charge is 0.253 e. The number of hydrogen-bond acceptors (Lipinski definition) is 3. The monoisotopic (exact) mass is 309 g/mol. The van der Waals surface area contributed by atoms with Gasteiger partial charge in [0.25, 0.3) is 0 Å². The van der Waals surface area contributed by atoms with Crippen molar-refractivity contribution in [1.82, 2.24) is 4.98 Å². The summed E-state index contributed by atoms with van der Waals surface area (Å²) in [4.78, 5) is 4.59. The van der Waals surface area contributed by atoms with Crippen LogP contribution in [0.2, 0.25) is 0 Å². The first kappa shape index (κ1) is 13.8. The molecule has 0 amide bonds. The van der Waals surface area contributed by atoms with Gasteiger partial charge in [-0.3, -0.25) is 4.98 Å². The summed E-state index contributed by atoms with van der Waals surface area (Å²) in [5.74, 6) is 0.538. The highest BCUT2D eigenvalue weighted by Crippen LogP contribution is 2.27. The van der Waals surface area contributed by atoms with Crippen molar-refractivity contribution in [3.63, 3.8) is 0 Å². The Balaban J connectivity index is 1.76. The van der Waals surface area contributed by atoms with Crippen LogP contribution in [0.5, 0.6) is 0 Å². The van der Waals surface area contributed by atoms with Crippen molar-refractivity contribution in [1.29, 1.82) is 0 Å². The minimum atomic E-state index is -2.87. The number of alkyl halides is 1. The number of aromatic nitrogens is 1. The Bertz CT molecular complexity index is 729. The van der Waals surface area contributed by atoms with Crippen molar-refractivity contribution in [2.24, 2.45) is 5.92 Å². The number of hydrogen-bond donors (Lipinski definition) is 0. The predicted molar refractivity (Wildman–Crippen MR) is 81.8 cm³/mol. The zero-order valence-electron chi connectivity index (χ0n) is 11.0. The maximum Gasteiger partial charge on any atom is 0.150 e. The summed E-state index contributed by atoms with van der Waals surface area (Å²) >= 11 is 6.40. The molecule has 0 aliphatic carbocycles. The van der Waals surface area contributed by atoms with E-state index in [2.05, 4.69) is 4.98 Å². The van der Waals surface area contributed by atoms with E-state index in [4.69, 9.17) is 11.6 Å². The van der Waals surface area contributed by atoms with Crippen LogP contribution in [0, 0.1) is 5.92 Å². The topological polar surface area (TPSA) is 47.0 Å². The maximum absolute atomic E-state index is 11.5. The molecule has 1 aliphatic rings. The van der Waals surface area contributed by atoms with E-state index in [1.165, 1.54) is 0 Å². The normalized spacial score (nSPS) is 22.9. The second-order valence-electron chi connectivity index (χ2n) is 5.38. The Kier molecular flexibility index (Phi) is 3.69. The Hall–Kier alpha value is -1.13. The lowest BCUT2D eigenvalue weighted by Crippen LogP contribution is -2.19. The number of fused-ring (bicyclic) bond motifs is 1. The van der Waals surface area contributed by atoms with Crippen molar-refractivity contribution in [2.45, 2.75) is 18.2 Å². The number of nitrogens with zero attached hydrogens (tertiary/aromatic N) is 1. The molecule has 1 fully saturated rings. The van der Waals surface area contributed by atoms with Crippen molar-refractivity contribution in [3.8, 4) is 0 Å². The summed E-state index contributed by atoms with van der Waals surface area (Å²) in [6.45, 7) is 0. The highest BCUT2D eigenvalue weighted by molar-refractivity contribution is 7.91. The van der Waals surface area contributed by atoms with Crippen LogP contribution < -0.4 is 0 Å². The highest BCUT2D eigenvalue weighted by atomic mass is 35.5. The summed E-state index contributed by atoms with van der Waals surface area (Å²) in [5.41, 5.74) is 1.88. The first-order valence-corrected chi connectivity index (χ1v) is 8.98. The van der Waals surface area contributed by atoms with Gasteiger partial charge in [0.2, 0.25) is 0 Å². The van der Waals surface area contributed by atoms with Gasteiger partial charge >= 0.3 is 0 Å². The van der Waals surface area contributed by atoms with Crippen LogP contribution in [0.15, 0.2) is 36.4 Å². The molecule has 1 aliphatic heterocycles. The molecular formula is C15H16ClNO2S. The minimum absolute atomic E-state index is 0.0509. The Morgan fingerprint density at radius 1 is 1.25 bits per heavy atom. The molecule has 1 aromatic heterocycles. The number of halogens is 1. The molecule has 2 unspecified atom stereocenters. The molecule has 0 radical (unpaired) electrons. The number of benzene rings is 1. The van der Waals surface area contributed by atoms with E-state index in [1.54, 1.807) is 0 Å². The fourth-order valence-corrected chi connectivity index (χ4v) is 5.06. The van der Waals surface area contributed by atoms with E-state index in [0.29, 0.717) is 12.8 Å². The van der Waals surface area contributed by atoms with Crippen LogP contribution in [0.3, 0.4) is 0 Å². The molecule has 0 saturated carbocycles. The first-order valence-electron chi connectivity index (χ1n) is 6.73. The predicted octanol–water partition coefficient (Wildman–Crippen LogP) is 2.82. The summed E-state index contributed by atoms with van der Waals surface area (Å²) in [6.07, 6.45) is 1.29. The summed E-state index contributed by atoms with van der Waals surface area (Å²) in [7, 11) is -2.87. The molecule has 0 N–H and O–H groups in total. The molecule has 20 heavy (non-hydrogen) atoms. The van der Waals surface area contributed by atoms with Gasteiger partial charge in [-0.2, -0.15) is 0 Å². The van der Waals surface area contributed by atoms with Crippen molar-refractivity contribution < 1.29 is 8.42 Å². The number of para-hydroxylation sites is 1.